The first-order valence-electron chi connectivity index (χ1n) is 6.25. The van der Waals surface area contributed by atoms with Crippen molar-refractivity contribution >= 4 is 40.0 Å². The molecule has 0 fully saturated rings. The third-order valence-corrected chi connectivity index (χ3v) is 3.82. The van der Waals surface area contributed by atoms with Crippen LogP contribution >= 0.6 is 24.0 Å². The maximum atomic E-state index is 11.7. The fraction of sp³-hybridized carbons (Fsp3) is 0.462. The molecule has 4 N–H and O–H groups in total. The van der Waals surface area contributed by atoms with Crippen LogP contribution < -0.4 is 15.8 Å². The Hall–Kier alpha value is -0.870. The zero-order chi connectivity index (χ0) is 15.4. The molecule has 1 aromatic carbocycles. The Bertz CT molecular complexity index is 594. The fourth-order valence-corrected chi connectivity index (χ4v) is 2.33. The summed E-state index contributed by atoms with van der Waals surface area (Å²) < 4.78 is 25.7. The molecule has 0 heterocycles. The van der Waals surface area contributed by atoms with Gasteiger partial charge in [-0.1, -0.05) is 12.1 Å². The molecule has 6 nitrogen and oxygen atoms in total. The van der Waals surface area contributed by atoms with E-state index in [1.54, 1.807) is 12.1 Å². The summed E-state index contributed by atoms with van der Waals surface area (Å²) in [5.41, 5.74) is 6.38. The van der Waals surface area contributed by atoms with Crippen LogP contribution in [0.5, 0.6) is 0 Å². The molecule has 0 saturated heterocycles. The summed E-state index contributed by atoms with van der Waals surface area (Å²) in [5, 5.41) is 3.04. The van der Waals surface area contributed by atoms with Crippen LogP contribution in [0, 0.1) is 0 Å². The average molecular weight is 426 g/mol. The van der Waals surface area contributed by atoms with Gasteiger partial charge in [0.2, 0.25) is 10.0 Å². The molecular formula is C13H23IN4O2S. The van der Waals surface area contributed by atoms with E-state index in [0.717, 1.165) is 5.56 Å². The third kappa shape index (κ3) is 7.09. The molecule has 1 rings (SSSR count). The number of guanidine groups is 1. The monoisotopic (exact) mass is 426 g/mol. The first-order valence-corrected chi connectivity index (χ1v) is 7.73. The maximum absolute atomic E-state index is 11.7. The Labute approximate surface area is 143 Å². The van der Waals surface area contributed by atoms with Crippen LogP contribution in [0.25, 0.3) is 0 Å². The van der Waals surface area contributed by atoms with Gasteiger partial charge in [0.15, 0.2) is 5.96 Å². The fourth-order valence-electron chi connectivity index (χ4n) is 1.53. The van der Waals surface area contributed by atoms with E-state index in [2.05, 4.69) is 15.0 Å². The molecule has 0 aromatic heterocycles. The van der Waals surface area contributed by atoms with Gasteiger partial charge >= 0.3 is 0 Å². The molecule has 0 atom stereocenters. The van der Waals surface area contributed by atoms with Crippen molar-refractivity contribution in [3.05, 3.63) is 29.8 Å². The van der Waals surface area contributed by atoms with Crippen LogP contribution in [0.3, 0.4) is 0 Å². The van der Waals surface area contributed by atoms with Gasteiger partial charge in [-0.25, -0.2) is 18.1 Å². The predicted molar refractivity (Wildman–Crippen MR) is 96.3 cm³/mol. The van der Waals surface area contributed by atoms with Crippen LogP contribution in [0.1, 0.15) is 26.3 Å². The normalized spacial score (nSPS) is 12.7. The molecule has 8 heteroatoms. The lowest BCUT2D eigenvalue weighted by atomic mass is 10.1. The van der Waals surface area contributed by atoms with Crippen molar-refractivity contribution in [2.75, 3.05) is 7.05 Å². The molecule has 21 heavy (non-hydrogen) atoms. The SMILES string of the molecule is CNS(=O)(=O)c1cccc(CN=C(N)NC(C)(C)C)c1.I. The van der Waals surface area contributed by atoms with Crippen LogP contribution in [0.2, 0.25) is 0 Å². The number of benzene rings is 1. The second-order valence-electron chi connectivity index (χ2n) is 5.43. The molecule has 0 amide bonds. The highest BCUT2D eigenvalue weighted by atomic mass is 127. The molecule has 0 aliphatic carbocycles. The van der Waals surface area contributed by atoms with Gasteiger partial charge in [0.1, 0.15) is 0 Å². The van der Waals surface area contributed by atoms with E-state index < -0.39 is 10.0 Å². The van der Waals surface area contributed by atoms with E-state index >= 15 is 0 Å². The highest BCUT2D eigenvalue weighted by molar-refractivity contribution is 14.0. The first kappa shape index (κ1) is 20.1. The summed E-state index contributed by atoms with van der Waals surface area (Å²) in [6.07, 6.45) is 0. The average Bonchev–Trinajstić information content (AvgIpc) is 2.35. The molecule has 0 aliphatic heterocycles. The van der Waals surface area contributed by atoms with E-state index in [1.165, 1.54) is 13.1 Å². The maximum Gasteiger partial charge on any atom is 0.240 e. The van der Waals surface area contributed by atoms with Gasteiger partial charge in [-0.3, -0.25) is 0 Å². The number of hydrogen-bond acceptors (Lipinski definition) is 3. The lowest BCUT2D eigenvalue weighted by Gasteiger charge is -2.21. The van der Waals surface area contributed by atoms with E-state index in [1.807, 2.05) is 26.8 Å². The number of nitrogens with one attached hydrogen (secondary N) is 2. The van der Waals surface area contributed by atoms with Crippen molar-refractivity contribution in [3.8, 4) is 0 Å². The zero-order valence-corrected chi connectivity index (χ0v) is 15.8. The minimum Gasteiger partial charge on any atom is -0.370 e. The van der Waals surface area contributed by atoms with Gasteiger partial charge < -0.3 is 11.1 Å². The van der Waals surface area contributed by atoms with Crippen molar-refractivity contribution in [1.29, 1.82) is 0 Å². The van der Waals surface area contributed by atoms with Gasteiger partial charge in [0.05, 0.1) is 11.4 Å². The molecule has 1 aromatic rings. The number of halogens is 1. The zero-order valence-electron chi connectivity index (χ0n) is 12.7. The highest BCUT2D eigenvalue weighted by Gasteiger charge is 2.12. The van der Waals surface area contributed by atoms with E-state index in [9.17, 15) is 8.42 Å². The van der Waals surface area contributed by atoms with Crippen molar-refractivity contribution in [1.82, 2.24) is 10.0 Å². The van der Waals surface area contributed by atoms with Crippen LogP contribution in [-0.2, 0) is 16.6 Å². The summed E-state index contributed by atoms with van der Waals surface area (Å²) >= 11 is 0. The van der Waals surface area contributed by atoms with Crippen molar-refractivity contribution in [3.63, 3.8) is 0 Å². The lowest BCUT2D eigenvalue weighted by Crippen LogP contribution is -2.44. The van der Waals surface area contributed by atoms with Gasteiger partial charge in [0.25, 0.3) is 0 Å². The molecule has 0 saturated carbocycles. The van der Waals surface area contributed by atoms with E-state index in [-0.39, 0.29) is 34.4 Å². The third-order valence-electron chi connectivity index (χ3n) is 2.41. The Morgan fingerprint density at radius 1 is 1.33 bits per heavy atom. The number of hydrogen-bond donors (Lipinski definition) is 3. The number of sulfonamides is 1. The molecule has 0 spiro atoms. The van der Waals surface area contributed by atoms with E-state index in [0.29, 0.717) is 12.5 Å². The summed E-state index contributed by atoms with van der Waals surface area (Å²) in [4.78, 5) is 4.41. The largest absolute Gasteiger partial charge is 0.370 e. The van der Waals surface area contributed by atoms with Gasteiger partial charge in [-0.05, 0) is 45.5 Å². The summed E-state index contributed by atoms with van der Waals surface area (Å²) in [5.74, 6) is 0.333. The second-order valence-corrected chi connectivity index (χ2v) is 7.32. The summed E-state index contributed by atoms with van der Waals surface area (Å²) in [6.45, 7) is 6.27. The smallest absolute Gasteiger partial charge is 0.240 e. The number of aliphatic imine (C=N–C) groups is 1. The molecular weight excluding hydrogens is 403 g/mol. The van der Waals surface area contributed by atoms with Crippen molar-refractivity contribution in [2.24, 2.45) is 10.7 Å². The standard InChI is InChI=1S/C13H22N4O2S.HI/c1-13(2,3)17-12(14)16-9-10-6-5-7-11(8-10)20(18,19)15-4;/h5-8,15H,9H2,1-4H3,(H3,14,16,17);1H. The van der Waals surface area contributed by atoms with E-state index in [4.69, 9.17) is 5.73 Å². The molecule has 0 aliphatic rings. The lowest BCUT2D eigenvalue weighted by molar-refractivity contribution is 0.508. The topological polar surface area (TPSA) is 96.6 Å². The quantitative estimate of drug-likeness (QED) is 0.386. The number of nitrogens with two attached hydrogens (primary N) is 1. The summed E-state index contributed by atoms with van der Waals surface area (Å²) in [7, 11) is -2.05. The molecule has 120 valence electrons. The van der Waals surface area contributed by atoms with Gasteiger partial charge in [0, 0.05) is 5.54 Å². The Morgan fingerprint density at radius 2 is 1.95 bits per heavy atom. The number of nitrogens with zero attached hydrogens (tertiary/aromatic N) is 1. The Balaban J connectivity index is 0.00000400. The van der Waals surface area contributed by atoms with Crippen molar-refractivity contribution < 1.29 is 8.42 Å². The highest BCUT2D eigenvalue weighted by Crippen LogP contribution is 2.11. The number of rotatable bonds is 4. The molecule has 0 bridgehead atoms. The Kier molecular flexibility index (Phi) is 7.62. The van der Waals surface area contributed by atoms with Crippen LogP contribution in [0.15, 0.2) is 34.2 Å². The predicted octanol–water partition coefficient (Wildman–Crippen LogP) is 1.42. The van der Waals surface area contributed by atoms with Gasteiger partial charge in [-0.15, -0.1) is 24.0 Å². The minimum atomic E-state index is -3.43. The van der Waals surface area contributed by atoms with Crippen LogP contribution in [0.4, 0.5) is 0 Å². The molecule has 0 radical (unpaired) electrons. The molecule has 0 unspecified atom stereocenters. The second kappa shape index (κ2) is 7.95. The summed E-state index contributed by atoms with van der Waals surface area (Å²) in [6, 6.07) is 6.61. The Morgan fingerprint density at radius 3 is 2.48 bits per heavy atom. The van der Waals surface area contributed by atoms with Crippen LogP contribution in [-0.4, -0.2) is 27.0 Å². The minimum absolute atomic E-state index is 0. The van der Waals surface area contributed by atoms with Crippen molar-refractivity contribution in [2.45, 2.75) is 37.8 Å². The first-order chi connectivity index (χ1) is 9.14. The van der Waals surface area contributed by atoms with Gasteiger partial charge in [-0.2, -0.15) is 0 Å².